The number of nitro groups is 1. The van der Waals surface area contributed by atoms with Gasteiger partial charge in [-0.25, -0.2) is 18.7 Å². The predicted molar refractivity (Wildman–Crippen MR) is 59.0 cm³/mol. The zero-order chi connectivity index (χ0) is 13.3. The number of benzene rings is 1. The van der Waals surface area contributed by atoms with Crippen molar-refractivity contribution in [2.45, 2.75) is 0 Å². The third-order valence-corrected chi connectivity index (χ3v) is 2.42. The maximum absolute atomic E-state index is 13.5. The molecule has 0 saturated heterocycles. The molecule has 0 unspecified atom stereocenters. The Morgan fingerprint density at radius 3 is 2.67 bits per heavy atom. The molecule has 2 rings (SSSR count). The molecular formula is C10H4ClF2N3O2. The fourth-order valence-corrected chi connectivity index (χ4v) is 1.60. The Balaban J connectivity index is 2.75. The molecule has 0 saturated carbocycles. The van der Waals surface area contributed by atoms with Crippen molar-refractivity contribution in [3.05, 3.63) is 51.4 Å². The van der Waals surface area contributed by atoms with Crippen molar-refractivity contribution in [3.8, 4) is 11.3 Å². The quantitative estimate of drug-likeness (QED) is 0.478. The molecule has 0 aliphatic carbocycles. The van der Waals surface area contributed by atoms with Crippen LogP contribution in [0.4, 0.5) is 14.5 Å². The molecule has 1 aromatic heterocycles. The summed E-state index contributed by atoms with van der Waals surface area (Å²) in [5.74, 6) is -1.58. The third kappa shape index (κ3) is 2.12. The molecule has 0 amide bonds. The van der Waals surface area contributed by atoms with E-state index in [2.05, 4.69) is 9.97 Å². The van der Waals surface area contributed by atoms with E-state index in [1.54, 1.807) is 0 Å². The number of rotatable bonds is 2. The van der Waals surface area contributed by atoms with Gasteiger partial charge in [0, 0.05) is 5.56 Å². The van der Waals surface area contributed by atoms with Crippen molar-refractivity contribution in [1.82, 2.24) is 9.97 Å². The van der Waals surface area contributed by atoms with Crippen LogP contribution in [0.5, 0.6) is 0 Å². The average molecular weight is 272 g/mol. The van der Waals surface area contributed by atoms with Gasteiger partial charge in [0.2, 0.25) is 5.15 Å². The molecule has 1 aromatic carbocycles. The van der Waals surface area contributed by atoms with Crippen molar-refractivity contribution >= 4 is 17.3 Å². The summed E-state index contributed by atoms with van der Waals surface area (Å²) < 4.78 is 26.6. The minimum atomic E-state index is -0.845. The van der Waals surface area contributed by atoms with Crippen LogP contribution in [0.25, 0.3) is 11.3 Å². The van der Waals surface area contributed by atoms with Crippen LogP contribution in [-0.2, 0) is 0 Å². The number of hydrogen-bond donors (Lipinski definition) is 0. The highest BCUT2D eigenvalue weighted by molar-refractivity contribution is 6.31. The van der Waals surface area contributed by atoms with Crippen LogP contribution in [0.3, 0.4) is 0 Å². The van der Waals surface area contributed by atoms with Gasteiger partial charge in [0.1, 0.15) is 18.0 Å². The van der Waals surface area contributed by atoms with Gasteiger partial charge in [-0.3, -0.25) is 10.1 Å². The number of hydrogen-bond acceptors (Lipinski definition) is 4. The summed E-state index contributed by atoms with van der Waals surface area (Å²) >= 11 is 5.56. The van der Waals surface area contributed by atoms with Gasteiger partial charge in [0.05, 0.1) is 4.92 Å². The van der Waals surface area contributed by atoms with Crippen LogP contribution in [0.1, 0.15) is 0 Å². The summed E-state index contributed by atoms with van der Waals surface area (Å²) in [6, 6.07) is 2.55. The van der Waals surface area contributed by atoms with Gasteiger partial charge >= 0.3 is 5.69 Å². The Kier molecular flexibility index (Phi) is 3.15. The smallest absolute Gasteiger partial charge is 0.258 e. The minimum Gasteiger partial charge on any atom is -0.258 e. The molecule has 0 spiro atoms. The van der Waals surface area contributed by atoms with Gasteiger partial charge in [-0.15, -0.1) is 0 Å². The van der Waals surface area contributed by atoms with E-state index in [0.29, 0.717) is 0 Å². The van der Waals surface area contributed by atoms with Crippen LogP contribution in [0.15, 0.2) is 24.5 Å². The molecule has 2 aromatic rings. The number of nitrogens with zero attached hydrogens (tertiary/aromatic N) is 3. The molecule has 92 valence electrons. The standard InChI is InChI=1S/C10H4ClF2N3O2/c11-10-9(16(17)18)8(14-4-15-10)6-3-5(12)1-2-7(6)13/h1-4H. The van der Waals surface area contributed by atoms with E-state index in [1.807, 2.05) is 0 Å². The molecular weight excluding hydrogens is 268 g/mol. The third-order valence-electron chi connectivity index (χ3n) is 2.14. The summed E-state index contributed by atoms with van der Waals surface area (Å²) in [5, 5.41) is 10.4. The summed E-state index contributed by atoms with van der Waals surface area (Å²) in [4.78, 5) is 17.0. The molecule has 0 fully saturated rings. The monoisotopic (exact) mass is 271 g/mol. The summed E-state index contributed by atoms with van der Waals surface area (Å²) in [5.41, 5.74) is -1.37. The first kappa shape index (κ1) is 12.3. The maximum Gasteiger partial charge on any atom is 0.332 e. The van der Waals surface area contributed by atoms with Crippen LogP contribution < -0.4 is 0 Å². The van der Waals surface area contributed by atoms with Gasteiger partial charge in [-0.05, 0) is 18.2 Å². The van der Waals surface area contributed by atoms with Gasteiger partial charge in [-0.1, -0.05) is 11.6 Å². The molecule has 0 radical (unpaired) electrons. The summed E-state index contributed by atoms with van der Waals surface area (Å²) in [7, 11) is 0. The van der Waals surface area contributed by atoms with Gasteiger partial charge in [0.25, 0.3) is 0 Å². The fraction of sp³-hybridized carbons (Fsp3) is 0. The van der Waals surface area contributed by atoms with Crippen molar-refractivity contribution in [2.24, 2.45) is 0 Å². The highest BCUT2D eigenvalue weighted by atomic mass is 35.5. The van der Waals surface area contributed by atoms with Crippen LogP contribution >= 0.6 is 11.6 Å². The molecule has 0 bridgehead atoms. The van der Waals surface area contributed by atoms with Crippen LogP contribution in [-0.4, -0.2) is 14.9 Å². The lowest BCUT2D eigenvalue weighted by Crippen LogP contribution is -1.99. The molecule has 18 heavy (non-hydrogen) atoms. The largest absolute Gasteiger partial charge is 0.332 e. The second kappa shape index (κ2) is 4.61. The Hall–Kier alpha value is -2.15. The van der Waals surface area contributed by atoms with Crippen molar-refractivity contribution < 1.29 is 13.7 Å². The maximum atomic E-state index is 13.5. The molecule has 1 heterocycles. The van der Waals surface area contributed by atoms with Gasteiger partial charge < -0.3 is 0 Å². The van der Waals surface area contributed by atoms with E-state index >= 15 is 0 Å². The Morgan fingerprint density at radius 2 is 2.00 bits per heavy atom. The second-order valence-electron chi connectivity index (χ2n) is 3.24. The van der Waals surface area contributed by atoms with E-state index in [1.165, 1.54) is 0 Å². The predicted octanol–water partition coefficient (Wildman–Crippen LogP) is 2.98. The first-order chi connectivity index (χ1) is 8.50. The van der Waals surface area contributed by atoms with Gasteiger partial charge in [-0.2, -0.15) is 0 Å². The van der Waals surface area contributed by atoms with Crippen LogP contribution in [0.2, 0.25) is 5.15 Å². The molecule has 0 N–H and O–H groups in total. The van der Waals surface area contributed by atoms with Crippen LogP contribution in [0, 0.1) is 21.7 Å². The topological polar surface area (TPSA) is 68.9 Å². The Bertz CT molecular complexity index is 637. The zero-order valence-electron chi connectivity index (χ0n) is 8.60. The summed E-state index contributed by atoms with van der Waals surface area (Å²) in [6.07, 6.45) is 0.939. The first-order valence-corrected chi connectivity index (χ1v) is 4.99. The number of aromatic nitrogens is 2. The van der Waals surface area contributed by atoms with E-state index in [-0.39, 0.29) is 11.3 Å². The SMILES string of the molecule is O=[N+]([O-])c1c(Cl)ncnc1-c1cc(F)ccc1F. The van der Waals surface area contributed by atoms with E-state index in [9.17, 15) is 18.9 Å². The van der Waals surface area contributed by atoms with E-state index in [0.717, 1.165) is 24.5 Å². The molecule has 0 aliphatic heterocycles. The molecule has 8 heteroatoms. The minimum absolute atomic E-state index is 0.342. The first-order valence-electron chi connectivity index (χ1n) is 4.61. The number of halogens is 3. The normalized spacial score (nSPS) is 10.4. The lowest BCUT2D eigenvalue weighted by Gasteiger charge is -2.04. The lowest BCUT2D eigenvalue weighted by atomic mass is 10.1. The second-order valence-corrected chi connectivity index (χ2v) is 3.60. The average Bonchev–Trinajstić information content (AvgIpc) is 2.31. The van der Waals surface area contributed by atoms with Gasteiger partial charge in [0.15, 0.2) is 5.69 Å². The molecule has 5 nitrogen and oxygen atoms in total. The van der Waals surface area contributed by atoms with E-state index < -0.39 is 27.4 Å². The Morgan fingerprint density at radius 1 is 1.28 bits per heavy atom. The highest BCUT2D eigenvalue weighted by Gasteiger charge is 2.24. The summed E-state index contributed by atoms with van der Waals surface area (Å²) in [6.45, 7) is 0. The van der Waals surface area contributed by atoms with Crippen molar-refractivity contribution in [3.63, 3.8) is 0 Å². The molecule has 0 atom stereocenters. The zero-order valence-corrected chi connectivity index (χ0v) is 9.36. The fourth-order valence-electron chi connectivity index (χ4n) is 1.40. The van der Waals surface area contributed by atoms with E-state index in [4.69, 9.17) is 11.6 Å². The highest BCUT2D eigenvalue weighted by Crippen LogP contribution is 2.33. The lowest BCUT2D eigenvalue weighted by molar-refractivity contribution is -0.384. The Labute approximate surface area is 104 Å². The van der Waals surface area contributed by atoms with Crippen molar-refractivity contribution in [1.29, 1.82) is 0 Å². The van der Waals surface area contributed by atoms with Crippen molar-refractivity contribution in [2.75, 3.05) is 0 Å². The molecule has 0 aliphatic rings.